The Bertz CT molecular complexity index is 582. The molecule has 118 valence electrons. The molecule has 11 unspecified atom stereocenters. The molecular formula is C21H31B. The van der Waals surface area contributed by atoms with Crippen LogP contribution < -0.4 is 0 Å². The second-order valence-electron chi connectivity index (χ2n) is 10.7. The van der Waals surface area contributed by atoms with Crippen molar-refractivity contribution in [1.29, 1.82) is 0 Å². The standard InChI is InChI=1S/C21H31B/c1-4-11(2)10-21(22)14-6-5-13-16(14)18-17-15(21)9-12-7-8-20(12,17)19(13,18)3/h4,11-18H,1,5-10,22H2,2-3H3. The van der Waals surface area contributed by atoms with Crippen LogP contribution in [0, 0.1) is 58.2 Å². The Balaban J connectivity index is 1.49. The molecule has 0 saturated heterocycles. The van der Waals surface area contributed by atoms with Crippen molar-refractivity contribution in [3.8, 4) is 0 Å². The zero-order valence-electron chi connectivity index (χ0n) is 14.6. The summed E-state index contributed by atoms with van der Waals surface area (Å²) in [5.41, 5.74) is 1.65. The molecule has 22 heavy (non-hydrogen) atoms. The number of rotatable bonds is 3. The largest absolute Gasteiger partial charge is 0.110 e. The molecule has 0 aromatic carbocycles. The fourth-order valence-electron chi connectivity index (χ4n) is 10.6. The van der Waals surface area contributed by atoms with E-state index in [-0.39, 0.29) is 0 Å². The first-order valence-corrected chi connectivity index (χ1v) is 10.1. The van der Waals surface area contributed by atoms with Gasteiger partial charge in [0.05, 0.1) is 0 Å². The van der Waals surface area contributed by atoms with E-state index in [0.717, 1.165) is 52.3 Å². The fraction of sp³-hybridized carbons (Fsp3) is 0.905. The maximum absolute atomic E-state index is 4.11. The maximum Gasteiger partial charge on any atom is 0.110 e. The third kappa shape index (κ3) is 0.929. The van der Waals surface area contributed by atoms with Gasteiger partial charge >= 0.3 is 0 Å². The molecular weight excluding hydrogens is 263 g/mol. The van der Waals surface area contributed by atoms with Crippen LogP contribution in [0.3, 0.4) is 0 Å². The average Bonchev–Trinajstić information content (AvgIpc) is 2.96. The molecule has 0 nitrogen and oxygen atoms in total. The molecule has 1 heteroatoms. The van der Waals surface area contributed by atoms with E-state index in [1.807, 2.05) is 0 Å². The molecule has 6 saturated carbocycles. The van der Waals surface area contributed by atoms with Crippen LogP contribution in [-0.2, 0) is 0 Å². The average molecular weight is 294 g/mol. The quantitative estimate of drug-likeness (QED) is 0.537. The van der Waals surface area contributed by atoms with Crippen LogP contribution in [0.1, 0.15) is 52.4 Å². The fourth-order valence-corrected chi connectivity index (χ4v) is 10.6. The van der Waals surface area contributed by atoms with Crippen LogP contribution in [0.25, 0.3) is 0 Å². The second-order valence-corrected chi connectivity index (χ2v) is 10.7. The van der Waals surface area contributed by atoms with Gasteiger partial charge in [0.25, 0.3) is 0 Å². The molecule has 6 aliphatic carbocycles. The lowest BCUT2D eigenvalue weighted by Gasteiger charge is -2.86. The third-order valence-electron chi connectivity index (χ3n) is 11.0. The smallest absolute Gasteiger partial charge is 0.103 e. The summed E-state index contributed by atoms with van der Waals surface area (Å²) in [5.74, 6) is 8.54. The summed E-state index contributed by atoms with van der Waals surface area (Å²) in [6, 6.07) is 0. The summed E-state index contributed by atoms with van der Waals surface area (Å²) < 4.78 is 0. The van der Waals surface area contributed by atoms with Crippen LogP contribution in [0.5, 0.6) is 0 Å². The van der Waals surface area contributed by atoms with Gasteiger partial charge < -0.3 is 0 Å². The Morgan fingerprint density at radius 2 is 1.95 bits per heavy atom. The highest BCUT2D eigenvalue weighted by atomic mass is 14.9. The van der Waals surface area contributed by atoms with E-state index in [1.54, 1.807) is 32.1 Å². The van der Waals surface area contributed by atoms with E-state index < -0.39 is 0 Å². The first-order valence-electron chi connectivity index (χ1n) is 10.1. The lowest BCUT2D eigenvalue weighted by atomic mass is 9.17. The number of allylic oxidation sites excluding steroid dienone is 1. The zero-order valence-corrected chi connectivity index (χ0v) is 14.6. The molecule has 6 rings (SSSR count). The van der Waals surface area contributed by atoms with Gasteiger partial charge in [-0.15, -0.1) is 6.58 Å². The Morgan fingerprint density at radius 1 is 1.18 bits per heavy atom. The highest BCUT2D eigenvalue weighted by Crippen LogP contribution is 2.97. The van der Waals surface area contributed by atoms with Crippen molar-refractivity contribution in [2.24, 2.45) is 58.2 Å². The van der Waals surface area contributed by atoms with Gasteiger partial charge in [-0.2, -0.15) is 0 Å². The number of fused-ring (bicyclic) bond motifs is 1. The van der Waals surface area contributed by atoms with Crippen LogP contribution >= 0.6 is 0 Å². The van der Waals surface area contributed by atoms with Crippen molar-refractivity contribution < 1.29 is 0 Å². The summed E-state index contributed by atoms with van der Waals surface area (Å²) in [6.07, 6.45) is 11.6. The van der Waals surface area contributed by atoms with Crippen molar-refractivity contribution in [2.75, 3.05) is 0 Å². The molecule has 0 heterocycles. The first kappa shape index (κ1) is 13.1. The summed E-state index contributed by atoms with van der Waals surface area (Å²) in [7, 11) is 2.73. The molecule has 0 aliphatic heterocycles. The summed E-state index contributed by atoms with van der Waals surface area (Å²) >= 11 is 0. The van der Waals surface area contributed by atoms with Gasteiger partial charge in [0, 0.05) is 0 Å². The first-order chi connectivity index (χ1) is 10.5. The molecule has 11 atom stereocenters. The van der Waals surface area contributed by atoms with Crippen molar-refractivity contribution in [3.05, 3.63) is 12.7 Å². The molecule has 0 radical (unpaired) electrons. The van der Waals surface area contributed by atoms with E-state index in [1.165, 1.54) is 6.42 Å². The molecule has 0 bridgehead atoms. The number of hydrogen-bond acceptors (Lipinski definition) is 0. The third-order valence-corrected chi connectivity index (χ3v) is 11.0. The Morgan fingerprint density at radius 3 is 2.64 bits per heavy atom. The van der Waals surface area contributed by atoms with E-state index >= 15 is 0 Å². The SMILES string of the molecule is BC1(CC(C)C=C)C2CCC3C2C2C4C1CC1CCC14C32C. The van der Waals surface area contributed by atoms with Crippen molar-refractivity contribution in [1.82, 2.24) is 0 Å². The zero-order chi connectivity index (χ0) is 15.1. The van der Waals surface area contributed by atoms with Gasteiger partial charge in [0.2, 0.25) is 0 Å². The van der Waals surface area contributed by atoms with E-state index in [4.69, 9.17) is 0 Å². The Hall–Kier alpha value is -0.195. The van der Waals surface area contributed by atoms with Gasteiger partial charge in [-0.3, -0.25) is 0 Å². The lowest BCUT2D eigenvalue weighted by molar-refractivity contribution is -0.385. The Kier molecular flexibility index (Phi) is 2.05. The minimum Gasteiger partial charge on any atom is -0.103 e. The molecule has 6 aliphatic rings. The van der Waals surface area contributed by atoms with E-state index in [9.17, 15) is 0 Å². The summed E-state index contributed by atoms with van der Waals surface area (Å²) in [5, 5.41) is 0.639. The molecule has 0 N–H and O–H groups in total. The van der Waals surface area contributed by atoms with Gasteiger partial charge in [-0.25, -0.2) is 0 Å². The summed E-state index contributed by atoms with van der Waals surface area (Å²) in [4.78, 5) is 0. The Labute approximate surface area is 136 Å². The van der Waals surface area contributed by atoms with Gasteiger partial charge in [0.1, 0.15) is 7.85 Å². The predicted octanol–water partition coefficient (Wildman–Crippen LogP) is 4.33. The minimum absolute atomic E-state index is 0.639. The van der Waals surface area contributed by atoms with E-state index in [0.29, 0.717) is 11.2 Å². The van der Waals surface area contributed by atoms with Gasteiger partial charge in [-0.1, -0.05) is 31.7 Å². The van der Waals surface area contributed by atoms with Crippen molar-refractivity contribution in [2.45, 2.75) is 57.7 Å². The number of hydrogen-bond donors (Lipinski definition) is 0. The van der Waals surface area contributed by atoms with E-state index in [2.05, 4.69) is 34.3 Å². The highest BCUT2D eigenvalue weighted by Gasteiger charge is 2.91. The molecule has 0 amide bonds. The van der Waals surface area contributed by atoms with Gasteiger partial charge in [0.15, 0.2) is 0 Å². The van der Waals surface area contributed by atoms with Crippen molar-refractivity contribution >= 4 is 7.85 Å². The van der Waals surface area contributed by atoms with Crippen LogP contribution in [0.4, 0.5) is 0 Å². The summed E-state index contributed by atoms with van der Waals surface area (Å²) in [6.45, 7) is 9.28. The van der Waals surface area contributed by atoms with Crippen LogP contribution in [-0.4, -0.2) is 7.85 Å². The monoisotopic (exact) mass is 294 g/mol. The molecule has 0 aromatic heterocycles. The maximum atomic E-state index is 4.11. The minimum atomic E-state index is 0.639. The predicted molar refractivity (Wildman–Crippen MR) is 93.3 cm³/mol. The van der Waals surface area contributed by atoms with Crippen LogP contribution in [0.15, 0.2) is 12.7 Å². The normalized spacial score (nSPS) is 69.8. The molecule has 0 aromatic rings. The van der Waals surface area contributed by atoms with Crippen molar-refractivity contribution in [3.63, 3.8) is 0 Å². The topological polar surface area (TPSA) is 0 Å². The highest BCUT2D eigenvalue weighted by molar-refractivity contribution is 6.16. The lowest BCUT2D eigenvalue weighted by Crippen LogP contribution is -2.82. The molecule has 1 spiro atoms. The molecule has 6 fully saturated rings. The van der Waals surface area contributed by atoms with Gasteiger partial charge in [-0.05, 0) is 90.3 Å². The van der Waals surface area contributed by atoms with Crippen LogP contribution in [0.2, 0.25) is 5.31 Å². The second kappa shape index (κ2) is 3.43.